The lowest BCUT2D eigenvalue weighted by molar-refractivity contribution is -0.188. The van der Waals surface area contributed by atoms with Gasteiger partial charge in [0, 0.05) is 37.8 Å². The fourth-order valence-electron chi connectivity index (χ4n) is 6.66. The number of hydrogen-bond donors (Lipinski definition) is 3. The van der Waals surface area contributed by atoms with Gasteiger partial charge < -0.3 is 30.3 Å². The Kier molecular flexibility index (Phi) is 6.83. The molecule has 3 N–H and O–H groups in total. The van der Waals surface area contributed by atoms with E-state index in [1.807, 2.05) is 6.20 Å². The fourth-order valence-corrected chi connectivity index (χ4v) is 6.66. The van der Waals surface area contributed by atoms with E-state index in [0.717, 1.165) is 58.2 Å². The highest BCUT2D eigenvalue weighted by molar-refractivity contribution is 6.20. The molecule has 4 fully saturated rings. The van der Waals surface area contributed by atoms with Crippen molar-refractivity contribution < 1.29 is 19.4 Å². The van der Waals surface area contributed by atoms with E-state index in [0.29, 0.717) is 18.7 Å². The van der Waals surface area contributed by atoms with Gasteiger partial charge in [0.15, 0.2) is 5.78 Å². The van der Waals surface area contributed by atoms with Crippen LogP contribution in [0.5, 0.6) is 0 Å². The van der Waals surface area contributed by atoms with Crippen LogP contribution in [0, 0.1) is 5.92 Å². The third kappa shape index (κ3) is 4.22. The maximum atomic E-state index is 13.5. The van der Waals surface area contributed by atoms with Crippen LogP contribution in [0.25, 0.3) is 0 Å². The van der Waals surface area contributed by atoms with Gasteiger partial charge in [-0.2, -0.15) is 0 Å². The third-order valence-electron chi connectivity index (χ3n) is 8.22. The number of hydrogen-bond acceptors (Lipinski definition) is 7. The summed E-state index contributed by atoms with van der Waals surface area (Å²) < 4.78 is 6.63. The van der Waals surface area contributed by atoms with E-state index in [9.17, 15) is 14.7 Å². The van der Waals surface area contributed by atoms with Gasteiger partial charge in [-0.1, -0.05) is 12.8 Å². The van der Waals surface area contributed by atoms with Crippen LogP contribution in [-0.2, 0) is 14.3 Å². The number of ketones is 1. The number of Topliss-reactive ketones (excluding diaryl/α,β-unsaturated/α-hetero) is 1. The molecule has 0 radical (unpaired) electrons. The predicted octanol–water partition coefficient (Wildman–Crippen LogP) is 0.406. The summed E-state index contributed by atoms with van der Waals surface area (Å²) in [5.74, 6) is -0.434. The Bertz CT molecular complexity index is 738. The highest BCUT2D eigenvalue weighted by Gasteiger charge is 2.55. The molecule has 0 aromatic heterocycles. The molecule has 0 aromatic rings. The molecule has 3 aliphatic heterocycles. The molecule has 8 nitrogen and oxygen atoms in total. The number of carbonyl (C=O) groups is 2. The molecule has 32 heavy (non-hydrogen) atoms. The lowest BCUT2D eigenvalue weighted by Crippen LogP contribution is -2.70. The summed E-state index contributed by atoms with van der Waals surface area (Å²) in [6, 6.07) is 0.350. The van der Waals surface area contributed by atoms with Crippen molar-refractivity contribution in [3.63, 3.8) is 0 Å². The van der Waals surface area contributed by atoms with Crippen LogP contribution in [0.4, 0.5) is 0 Å². The highest BCUT2D eigenvalue weighted by Crippen LogP contribution is 2.44. The minimum Gasteiger partial charge on any atom is -0.395 e. The molecule has 0 aromatic carbocycles. The molecule has 2 saturated heterocycles. The minimum atomic E-state index is -0.219. The lowest BCUT2D eigenvalue weighted by Gasteiger charge is -2.58. The number of ether oxygens (including phenoxy) is 1. The van der Waals surface area contributed by atoms with Gasteiger partial charge >= 0.3 is 0 Å². The van der Waals surface area contributed by atoms with Crippen LogP contribution in [0.2, 0.25) is 0 Å². The highest BCUT2D eigenvalue weighted by atomic mass is 16.5. The Morgan fingerprint density at radius 3 is 2.72 bits per heavy atom. The summed E-state index contributed by atoms with van der Waals surface area (Å²) >= 11 is 0. The molecular formula is C24H38N4O4. The maximum Gasteiger partial charge on any atom is 0.256 e. The Morgan fingerprint density at radius 2 is 1.91 bits per heavy atom. The minimum absolute atomic E-state index is 0.0200. The number of rotatable bonds is 7. The third-order valence-corrected chi connectivity index (χ3v) is 8.22. The van der Waals surface area contributed by atoms with E-state index in [1.165, 1.54) is 12.8 Å². The molecule has 5 rings (SSSR count). The van der Waals surface area contributed by atoms with E-state index in [4.69, 9.17) is 4.74 Å². The second kappa shape index (κ2) is 9.79. The molecule has 8 heteroatoms. The van der Waals surface area contributed by atoms with Crippen LogP contribution in [0.15, 0.2) is 11.8 Å². The first-order chi connectivity index (χ1) is 15.7. The summed E-state index contributed by atoms with van der Waals surface area (Å²) in [6.45, 7) is 4.26. The number of fused-ring (bicyclic) bond motifs is 2. The van der Waals surface area contributed by atoms with Crippen molar-refractivity contribution in [2.24, 2.45) is 5.92 Å². The van der Waals surface area contributed by atoms with E-state index < -0.39 is 0 Å². The van der Waals surface area contributed by atoms with Crippen molar-refractivity contribution in [3.05, 3.63) is 11.8 Å². The van der Waals surface area contributed by atoms with Crippen molar-refractivity contribution in [1.82, 2.24) is 20.4 Å². The molecule has 1 amide bonds. The average Bonchev–Trinajstić information content (AvgIpc) is 3.33. The van der Waals surface area contributed by atoms with E-state index in [2.05, 4.69) is 20.4 Å². The smallest absolute Gasteiger partial charge is 0.256 e. The SMILES string of the molecule is O=C(NCCN1CCCC1)C1=CN2C3CCCCC3OC3C(NCCO)CCC(C1=O)C32. The number of nitrogens with one attached hydrogen (secondary N) is 2. The molecular weight excluding hydrogens is 408 g/mol. The number of aliphatic hydroxyl groups is 1. The van der Waals surface area contributed by atoms with Gasteiger partial charge in [-0.05, 0) is 51.6 Å². The molecule has 6 atom stereocenters. The predicted molar refractivity (Wildman–Crippen MR) is 120 cm³/mol. The topological polar surface area (TPSA) is 94.1 Å². The second-order valence-corrected chi connectivity index (χ2v) is 10.1. The van der Waals surface area contributed by atoms with Gasteiger partial charge in [0.25, 0.3) is 5.91 Å². The molecule has 5 aliphatic rings. The summed E-state index contributed by atoms with van der Waals surface area (Å²) in [5, 5.41) is 15.8. The van der Waals surface area contributed by atoms with E-state index in [1.54, 1.807) is 0 Å². The average molecular weight is 447 g/mol. The standard InChI is InChI=1S/C24H38N4O4/c29-14-10-25-18-8-7-16-21-23(18)32-20-6-2-1-5-19(20)28(21)15-17(22(16)30)24(31)26-9-13-27-11-3-4-12-27/h15-16,18-21,23,25,29H,1-14H2,(H,26,31). The molecule has 3 heterocycles. The molecule has 178 valence electrons. The maximum absolute atomic E-state index is 13.5. The van der Waals surface area contributed by atoms with Gasteiger partial charge in [-0.15, -0.1) is 0 Å². The number of likely N-dealkylation sites (tertiary alicyclic amines) is 1. The zero-order valence-corrected chi connectivity index (χ0v) is 19.0. The van der Waals surface area contributed by atoms with Crippen LogP contribution in [0.3, 0.4) is 0 Å². The van der Waals surface area contributed by atoms with Gasteiger partial charge in [-0.3, -0.25) is 9.59 Å². The Labute approximate surface area is 190 Å². The molecule has 0 spiro atoms. The zero-order chi connectivity index (χ0) is 22.1. The molecule has 2 saturated carbocycles. The van der Waals surface area contributed by atoms with Gasteiger partial charge in [0.1, 0.15) is 0 Å². The summed E-state index contributed by atoms with van der Waals surface area (Å²) in [4.78, 5) is 31.2. The summed E-state index contributed by atoms with van der Waals surface area (Å²) in [6.07, 6.45) is 10.4. The number of aliphatic hydroxyl groups excluding tert-OH is 1. The van der Waals surface area contributed by atoms with Gasteiger partial charge in [-0.25, -0.2) is 0 Å². The Morgan fingerprint density at radius 1 is 1.09 bits per heavy atom. The summed E-state index contributed by atoms with van der Waals surface area (Å²) in [5.41, 5.74) is 0.333. The molecule has 0 bridgehead atoms. The Hall–Kier alpha value is -1.48. The normalized spacial score (nSPS) is 37.0. The number of morpholine rings is 1. The molecule has 6 unspecified atom stereocenters. The number of nitrogens with zero attached hydrogens (tertiary/aromatic N) is 2. The lowest BCUT2D eigenvalue weighted by atomic mass is 9.70. The van der Waals surface area contributed by atoms with Crippen LogP contribution in [-0.4, -0.2) is 96.3 Å². The fraction of sp³-hybridized carbons (Fsp3) is 0.833. The summed E-state index contributed by atoms with van der Waals surface area (Å²) in [7, 11) is 0. The largest absolute Gasteiger partial charge is 0.395 e. The second-order valence-electron chi connectivity index (χ2n) is 10.1. The van der Waals surface area contributed by atoms with Crippen molar-refractivity contribution in [3.8, 4) is 0 Å². The zero-order valence-electron chi connectivity index (χ0n) is 19.0. The first-order valence-electron chi connectivity index (χ1n) is 12.7. The monoisotopic (exact) mass is 446 g/mol. The number of carbonyl (C=O) groups excluding carboxylic acids is 2. The first-order valence-corrected chi connectivity index (χ1v) is 12.7. The van der Waals surface area contributed by atoms with Crippen molar-refractivity contribution in [2.75, 3.05) is 39.3 Å². The van der Waals surface area contributed by atoms with Crippen LogP contribution < -0.4 is 10.6 Å². The molecule has 2 aliphatic carbocycles. The quantitative estimate of drug-likeness (QED) is 0.488. The van der Waals surface area contributed by atoms with E-state index in [-0.39, 0.29) is 54.5 Å². The van der Waals surface area contributed by atoms with Crippen LogP contribution >= 0.6 is 0 Å². The first kappa shape index (κ1) is 22.3. The van der Waals surface area contributed by atoms with Crippen molar-refractivity contribution >= 4 is 11.7 Å². The Balaban J connectivity index is 1.35. The van der Waals surface area contributed by atoms with Gasteiger partial charge in [0.2, 0.25) is 0 Å². The van der Waals surface area contributed by atoms with E-state index >= 15 is 0 Å². The van der Waals surface area contributed by atoms with Gasteiger partial charge in [0.05, 0.1) is 36.5 Å². The van der Waals surface area contributed by atoms with Crippen molar-refractivity contribution in [2.45, 2.75) is 81.7 Å². The van der Waals surface area contributed by atoms with Crippen molar-refractivity contribution in [1.29, 1.82) is 0 Å². The van der Waals surface area contributed by atoms with Crippen LogP contribution in [0.1, 0.15) is 51.4 Å². The number of amides is 1.